The van der Waals surface area contributed by atoms with Crippen LogP contribution < -0.4 is 19.4 Å². The Balaban J connectivity index is 1.34. The van der Waals surface area contributed by atoms with E-state index in [9.17, 15) is 0 Å². The van der Waals surface area contributed by atoms with Gasteiger partial charge in [-0.1, -0.05) is 0 Å². The first-order valence-electron chi connectivity index (χ1n) is 17.1. The van der Waals surface area contributed by atoms with Gasteiger partial charge in [0.05, 0.1) is 0 Å². The van der Waals surface area contributed by atoms with Crippen LogP contribution in [0.5, 0.6) is 0 Å². The first kappa shape index (κ1) is 28.9. The summed E-state index contributed by atoms with van der Waals surface area (Å²) in [6.07, 6.45) is 30.1. The maximum absolute atomic E-state index is 2.66. The summed E-state index contributed by atoms with van der Waals surface area (Å²) < 4.78 is 3.78. The van der Waals surface area contributed by atoms with E-state index in [0.717, 1.165) is 22.6 Å². The van der Waals surface area contributed by atoms with Gasteiger partial charge in [-0.3, -0.25) is 0 Å². The molecule has 0 aliphatic heterocycles. The number of hydrogen-bond acceptors (Lipinski definition) is 0. The molecule has 0 bridgehead atoms. The van der Waals surface area contributed by atoms with E-state index in [-0.39, 0.29) is 15.8 Å². The van der Waals surface area contributed by atoms with Crippen molar-refractivity contribution in [1.29, 1.82) is 0 Å². The van der Waals surface area contributed by atoms with E-state index in [2.05, 4.69) is 48.5 Å². The Bertz CT molecular complexity index is 895. The molecular weight excluding hydrogens is 567 g/mol. The molecule has 212 valence electrons. The maximum atomic E-state index is 2.66. The summed E-state index contributed by atoms with van der Waals surface area (Å²) in [5.74, 6) is 0. The van der Waals surface area contributed by atoms with Crippen LogP contribution in [0.4, 0.5) is 0 Å². The molecule has 3 heteroatoms. The van der Waals surface area contributed by atoms with E-state index in [1.165, 1.54) is 128 Å². The molecule has 4 aliphatic rings. The molecule has 0 saturated heterocycles. The van der Waals surface area contributed by atoms with Crippen molar-refractivity contribution in [3.05, 3.63) is 48.5 Å². The van der Waals surface area contributed by atoms with Gasteiger partial charge in [-0.15, -0.1) is 0 Å². The molecule has 4 fully saturated rings. The molecular formula is C36H54GeP2. The predicted molar refractivity (Wildman–Crippen MR) is 181 cm³/mol. The summed E-state index contributed by atoms with van der Waals surface area (Å²) >= 11 is -1.07. The summed E-state index contributed by atoms with van der Waals surface area (Å²) in [5.41, 5.74) is 4.05. The van der Waals surface area contributed by atoms with Crippen molar-refractivity contribution < 1.29 is 0 Å². The van der Waals surface area contributed by atoms with Crippen LogP contribution in [0.1, 0.15) is 128 Å². The van der Waals surface area contributed by atoms with Gasteiger partial charge in [0.15, 0.2) is 0 Å². The molecule has 0 amide bonds. The van der Waals surface area contributed by atoms with E-state index < -0.39 is 15.4 Å². The van der Waals surface area contributed by atoms with E-state index in [0.29, 0.717) is 0 Å². The molecule has 2 aromatic rings. The molecule has 39 heavy (non-hydrogen) atoms. The van der Waals surface area contributed by atoms with Crippen molar-refractivity contribution in [2.45, 2.75) is 151 Å². The Morgan fingerprint density at radius 3 is 0.974 bits per heavy atom. The van der Waals surface area contributed by atoms with Gasteiger partial charge >= 0.3 is 250 Å². The van der Waals surface area contributed by atoms with Crippen LogP contribution >= 0.6 is 15.8 Å². The van der Waals surface area contributed by atoms with E-state index in [4.69, 9.17) is 0 Å². The van der Waals surface area contributed by atoms with Crippen molar-refractivity contribution in [2.75, 3.05) is 0 Å². The van der Waals surface area contributed by atoms with Crippen molar-refractivity contribution >= 4 is 50.7 Å². The molecule has 0 N–H and O–H groups in total. The fraction of sp³-hybridized carbons (Fsp3) is 0.667. The molecule has 2 aromatic carbocycles. The van der Waals surface area contributed by atoms with Crippen LogP contribution in [0.15, 0.2) is 48.5 Å². The Morgan fingerprint density at radius 1 is 0.385 bits per heavy atom. The molecule has 4 saturated carbocycles. The predicted octanol–water partition coefficient (Wildman–Crippen LogP) is 8.35. The molecule has 0 aromatic heterocycles. The fourth-order valence-corrected chi connectivity index (χ4v) is 22.9. The second-order valence-corrected chi connectivity index (χ2v) is 22.9. The first-order valence-corrected chi connectivity index (χ1v) is 23.0. The first-order chi connectivity index (χ1) is 19.4. The number of rotatable bonds is 8. The normalized spacial score (nSPS) is 23.0. The quantitative estimate of drug-likeness (QED) is 0.205. The van der Waals surface area contributed by atoms with Crippen molar-refractivity contribution in [3.63, 3.8) is 0 Å². The van der Waals surface area contributed by atoms with Crippen molar-refractivity contribution in [3.8, 4) is 0 Å². The number of benzene rings is 2. The van der Waals surface area contributed by atoms with Crippen LogP contribution in [0, 0.1) is 0 Å². The fourth-order valence-electron chi connectivity index (χ4n) is 8.85. The van der Waals surface area contributed by atoms with E-state index in [1.807, 2.05) is 19.4 Å². The summed E-state index contributed by atoms with van der Waals surface area (Å²) in [4.78, 5) is 0. The zero-order chi connectivity index (χ0) is 26.3. The van der Waals surface area contributed by atoms with Crippen LogP contribution in [0.2, 0.25) is 0 Å². The summed E-state index contributed by atoms with van der Waals surface area (Å²) in [7, 11) is -0.0123. The third kappa shape index (κ3) is 7.26. The van der Waals surface area contributed by atoms with Gasteiger partial charge in [0.1, 0.15) is 0 Å². The van der Waals surface area contributed by atoms with Crippen LogP contribution in [0.25, 0.3) is 0 Å². The van der Waals surface area contributed by atoms with E-state index >= 15 is 0 Å². The Hall–Kier alpha value is -0.157. The van der Waals surface area contributed by atoms with Gasteiger partial charge in [0.25, 0.3) is 0 Å². The minimum atomic E-state index is -1.07. The molecule has 0 atom stereocenters. The summed E-state index contributed by atoms with van der Waals surface area (Å²) in [6.45, 7) is 0. The third-order valence-electron chi connectivity index (χ3n) is 10.8. The molecule has 6 rings (SSSR count). The standard InChI is InChI=1S/C36H54GeP2/c1-5-17-29(18-6-1)38(30-19-7-2-8-20-30)35-27-15-13-25-33(35)37-34-26-14-16-28-36(34)39(31-21-9-3-10-22-31)32-23-11-4-12-24-32/h13-16,25-32H,1-12,17-24,37H2. The zero-order valence-electron chi connectivity index (χ0n) is 24.7. The minimum absolute atomic E-state index is 0.00616. The molecule has 0 unspecified atom stereocenters. The van der Waals surface area contributed by atoms with Gasteiger partial charge in [0.2, 0.25) is 0 Å². The third-order valence-corrected chi connectivity index (χ3v) is 23.4. The second-order valence-electron chi connectivity index (χ2n) is 13.4. The van der Waals surface area contributed by atoms with Gasteiger partial charge in [0, 0.05) is 0 Å². The van der Waals surface area contributed by atoms with Crippen LogP contribution in [-0.2, 0) is 0 Å². The Kier molecular flexibility index (Phi) is 11.0. The molecule has 0 spiro atoms. The Labute approximate surface area is 249 Å². The van der Waals surface area contributed by atoms with E-state index in [1.54, 1.807) is 0 Å². The zero-order valence-corrected chi connectivity index (χ0v) is 29.4. The van der Waals surface area contributed by atoms with Crippen molar-refractivity contribution in [2.24, 2.45) is 0 Å². The monoisotopic (exact) mass is 622 g/mol. The summed E-state index contributed by atoms with van der Waals surface area (Å²) in [5, 5.41) is 3.81. The number of hydrogen-bond donors (Lipinski definition) is 0. The average molecular weight is 621 g/mol. The molecule has 4 aliphatic carbocycles. The van der Waals surface area contributed by atoms with Crippen molar-refractivity contribution in [1.82, 2.24) is 0 Å². The Morgan fingerprint density at radius 2 is 0.667 bits per heavy atom. The average Bonchev–Trinajstić information content (AvgIpc) is 3.01. The molecule has 0 nitrogen and oxygen atoms in total. The second kappa shape index (κ2) is 14.8. The molecule has 0 radical (unpaired) electrons. The van der Waals surface area contributed by atoms with Crippen LogP contribution in [0.3, 0.4) is 0 Å². The molecule has 0 heterocycles. The SMILES string of the molecule is c1ccc(P(C2CCCCC2)C2CCCCC2)[c]([GeH2][c]2ccccc2P(C2CCCCC2)C2CCCCC2)c1. The van der Waals surface area contributed by atoms with Gasteiger partial charge in [-0.05, 0) is 0 Å². The van der Waals surface area contributed by atoms with Gasteiger partial charge < -0.3 is 0 Å². The van der Waals surface area contributed by atoms with Gasteiger partial charge in [-0.25, -0.2) is 0 Å². The van der Waals surface area contributed by atoms with Crippen LogP contribution in [-0.4, -0.2) is 38.1 Å². The summed E-state index contributed by atoms with van der Waals surface area (Å²) in [6, 6.07) is 20.2. The topological polar surface area (TPSA) is 0 Å². The van der Waals surface area contributed by atoms with Gasteiger partial charge in [-0.2, -0.15) is 0 Å².